The van der Waals surface area contributed by atoms with Crippen molar-refractivity contribution in [1.29, 1.82) is 0 Å². The predicted molar refractivity (Wildman–Crippen MR) is 123 cm³/mol. The van der Waals surface area contributed by atoms with Crippen LogP contribution in [0.5, 0.6) is 0 Å². The van der Waals surface area contributed by atoms with Crippen molar-refractivity contribution in [2.75, 3.05) is 32.3 Å². The topological polar surface area (TPSA) is 128 Å². The van der Waals surface area contributed by atoms with Crippen LogP contribution in [0.15, 0.2) is 46.8 Å². The molecule has 0 saturated carbocycles. The molecule has 36 heavy (non-hydrogen) atoms. The van der Waals surface area contributed by atoms with Gasteiger partial charge in [0.2, 0.25) is 0 Å². The lowest BCUT2D eigenvalue weighted by Crippen LogP contribution is -2.38. The van der Waals surface area contributed by atoms with Crippen molar-refractivity contribution in [2.24, 2.45) is 0 Å². The van der Waals surface area contributed by atoms with Crippen molar-refractivity contribution in [3.63, 3.8) is 0 Å². The third-order valence-electron chi connectivity index (χ3n) is 5.21. The molecule has 2 rings (SSSR count). The van der Waals surface area contributed by atoms with Gasteiger partial charge in [-0.05, 0) is 25.0 Å². The number of methoxy groups -OCH3 is 2. The Bertz CT molecular complexity index is 1210. The number of carbonyl (C=O) groups excluding carboxylic acids is 3. The summed E-state index contributed by atoms with van der Waals surface area (Å²) in [7, 11) is -1.78. The van der Waals surface area contributed by atoms with E-state index >= 15 is 0 Å². The van der Waals surface area contributed by atoms with Crippen LogP contribution in [-0.4, -0.2) is 64.7 Å². The van der Waals surface area contributed by atoms with Crippen molar-refractivity contribution in [3.05, 3.63) is 57.4 Å². The van der Waals surface area contributed by atoms with Gasteiger partial charge in [-0.25, -0.2) is 18.0 Å². The second kappa shape index (κ2) is 11.8. The number of sulfone groups is 1. The number of hydrogen-bond acceptors (Lipinski definition) is 8. The van der Waals surface area contributed by atoms with Gasteiger partial charge in [0.25, 0.3) is 0 Å². The SMILES string of the molecule is COC(=O)C1=C(C)NC(CS(=O)(=O)CCCNC(=O)C(F)(F)F)=C(C(=O)OC)C1c1ccccc1Cl. The third kappa shape index (κ3) is 7.00. The number of ether oxygens (including phenoxy) is 2. The summed E-state index contributed by atoms with van der Waals surface area (Å²) in [5.41, 5.74) is 0.274. The highest BCUT2D eigenvalue weighted by Gasteiger charge is 2.41. The van der Waals surface area contributed by atoms with Crippen LogP contribution in [0.25, 0.3) is 0 Å². The summed E-state index contributed by atoms with van der Waals surface area (Å²) in [6.45, 7) is 0.963. The number of hydrogen-bond donors (Lipinski definition) is 2. The van der Waals surface area contributed by atoms with Crippen molar-refractivity contribution in [2.45, 2.75) is 25.4 Å². The molecule has 1 aliphatic rings. The molecule has 1 amide bonds. The molecule has 1 atom stereocenters. The molecule has 0 saturated heterocycles. The summed E-state index contributed by atoms with van der Waals surface area (Å²) in [6, 6.07) is 6.34. The quantitative estimate of drug-likeness (QED) is 0.353. The van der Waals surface area contributed by atoms with Crippen LogP contribution in [-0.2, 0) is 33.7 Å². The van der Waals surface area contributed by atoms with Crippen molar-refractivity contribution >= 4 is 39.3 Å². The minimum absolute atomic E-state index is 0.0158. The maximum Gasteiger partial charge on any atom is 0.471 e. The maximum atomic E-state index is 12.9. The minimum Gasteiger partial charge on any atom is -0.466 e. The molecule has 1 aliphatic heterocycles. The number of carbonyl (C=O) groups is 3. The molecule has 1 aromatic rings. The fourth-order valence-electron chi connectivity index (χ4n) is 3.65. The van der Waals surface area contributed by atoms with Crippen molar-refractivity contribution in [3.8, 4) is 0 Å². The first-order valence-corrected chi connectivity index (χ1v) is 12.6. The number of amides is 1. The summed E-state index contributed by atoms with van der Waals surface area (Å²) in [4.78, 5) is 36.4. The number of esters is 2. The van der Waals surface area contributed by atoms with E-state index in [2.05, 4.69) is 5.32 Å². The van der Waals surface area contributed by atoms with E-state index in [0.717, 1.165) is 14.2 Å². The summed E-state index contributed by atoms with van der Waals surface area (Å²) in [5, 5.41) is 4.56. The Labute approximate surface area is 210 Å². The first-order chi connectivity index (χ1) is 16.7. The van der Waals surface area contributed by atoms with E-state index in [0.29, 0.717) is 5.56 Å². The van der Waals surface area contributed by atoms with Gasteiger partial charge in [0.15, 0.2) is 9.84 Å². The second-order valence-electron chi connectivity index (χ2n) is 7.69. The Morgan fingerprint density at radius 2 is 1.67 bits per heavy atom. The van der Waals surface area contributed by atoms with Crippen LogP contribution in [0.2, 0.25) is 5.02 Å². The molecular formula is C22H24ClF3N2O7S. The summed E-state index contributed by atoms with van der Waals surface area (Å²) < 4.78 is 72.2. The van der Waals surface area contributed by atoms with E-state index in [9.17, 15) is 36.0 Å². The van der Waals surface area contributed by atoms with E-state index in [-0.39, 0.29) is 34.0 Å². The Hall–Kier alpha value is -3.06. The fraction of sp³-hybridized carbons (Fsp3) is 0.409. The maximum absolute atomic E-state index is 12.9. The standard InChI is InChI=1S/C22H24ClF3N2O7S/c1-12-16(19(29)34-2)17(13-7-4-5-8-14(13)23)18(20(30)35-3)15(28-12)11-36(32,33)10-6-9-27-21(31)22(24,25)26/h4-5,7-8,17,28H,6,9-11H2,1-3H3,(H,27,31). The molecule has 1 aromatic carbocycles. The normalized spacial score (nSPS) is 16.4. The first kappa shape index (κ1) is 29.2. The van der Waals surface area contributed by atoms with E-state index < -0.39 is 57.8 Å². The predicted octanol–water partition coefficient (Wildman–Crippen LogP) is 2.38. The van der Waals surface area contributed by atoms with Gasteiger partial charge in [0.1, 0.15) is 0 Å². The van der Waals surface area contributed by atoms with Gasteiger partial charge >= 0.3 is 24.0 Å². The lowest BCUT2D eigenvalue weighted by Gasteiger charge is -2.31. The van der Waals surface area contributed by atoms with E-state index in [4.69, 9.17) is 21.1 Å². The van der Waals surface area contributed by atoms with Crippen molar-refractivity contribution in [1.82, 2.24) is 10.6 Å². The molecule has 0 radical (unpaired) electrons. The highest BCUT2D eigenvalue weighted by molar-refractivity contribution is 7.91. The smallest absolute Gasteiger partial charge is 0.466 e. The average Bonchev–Trinajstić information content (AvgIpc) is 2.79. The van der Waals surface area contributed by atoms with Crippen LogP contribution in [0.4, 0.5) is 13.2 Å². The van der Waals surface area contributed by atoms with Gasteiger partial charge in [-0.2, -0.15) is 13.2 Å². The van der Waals surface area contributed by atoms with Gasteiger partial charge in [0, 0.05) is 23.0 Å². The molecule has 0 fully saturated rings. The third-order valence-corrected chi connectivity index (χ3v) is 7.19. The number of rotatable bonds is 9. The van der Waals surface area contributed by atoms with Gasteiger partial charge in [0.05, 0.1) is 42.8 Å². The molecule has 0 aromatic heterocycles. The van der Waals surface area contributed by atoms with Crippen LogP contribution in [0.3, 0.4) is 0 Å². The molecule has 0 bridgehead atoms. The van der Waals surface area contributed by atoms with E-state index in [1.807, 2.05) is 0 Å². The van der Waals surface area contributed by atoms with Crippen LogP contribution >= 0.6 is 11.6 Å². The number of allylic oxidation sites excluding steroid dienone is 1. The monoisotopic (exact) mass is 552 g/mol. The molecule has 0 spiro atoms. The van der Waals surface area contributed by atoms with Gasteiger partial charge < -0.3 is 20.1 Å². The van der Waals surface area contributed by atoms with Gasteiger partial charge in [-0.3, -0.25) is 4.79 Å². The molecule has 198 valence electrons. The molecule has 9 nitrogen and oxygen atoms in total. The van der Waals surface area contributed by atoms with E-state index in [1.54, 1.807) is 23.5 Å². The summed E-state index contributed by atoms with van der Waals surface area (Å²) in [5.74, 6) is -6.33. The Balaban J connectivity index is 2.45. The molecule has 1 heterocycles. The summed E-state index contributed by atoms with van der Waals surface area (Å²) in [6.07, 6.45) is -5.39. The lowest BCUT2D eigenvalue weighted by molar-refractivity contribution is -0.173. The molecule has 0 aliphatic carbocycles. The largest absolute Gasteiger partial charge is 0.471 e. The zero-order chi connectivity index (χ0) is 27.3. The van der Waals surface area contributed by atoms with Gasteiger partial charge in [-0.1, -0.05) is 29.8 Å². The minimum atomic E-state index is -5.08. The Morgan fingerprint density at radius 3 is 2.22 bits per heavy atom. The zero-order valence-electron chi connectivity index (χ0n) is 19.5. The highest BCUT2D eigenvalue weighted by atomic mass is 35.5. The molecular weight excluding hydrogens is 529 g/mol. The second-order valence-corrected chi connectivity index (χ2v) is 10.3. The average molecular weight is 553 g/mol. The number of halogens is 4. The number of benzene rings is 1. The number of alkyl halides is 3. The molecule has 2 N–H and O–H groups in total. The highest BCUT2D eigenvalue weighted by Crippen LogP contribution is 2.42. The van der Waals surface area contributed by atoms with Crippen LogP contribution in [0, 0.1) is 0 Å². The van der Waals surface area contributed by atoms with E-state index in [1.165, 1.54) is 13.0 Å². The van der Waals surface area contributed by atoms with Crippen LogP contribution in [0.1, 0.15) is 24.8 Å². The fourth-order valence-corrected chi connectivity index (χ4v) is 5.29. The first-order valence-electron chi connectivity index (χ1n) is 10.4. The molecule has 14 heteroatoms. The van der Waals surface area contributed by atoms with Gasteiger partial charge in [-0.15, -0.1) is 0 Å². The molecule has 1 unspecified atom stereocenters. The zero-order valence-corrected chi connectivity index (χ0v) is 21.1. The Morgan fingerprint density at radius 1 is 1.08 bits per heavy atom. The Kier molecular flexibility index (Phi) is 9.55. The number of nitrogens with one attached hydrogen (secondary N) is 2. The van der Waals surface area contributed by atoms with Crippen LogP contribution < -0.4 is 10.6 Å². The summed E-state index contributed by atoms with van der Waals surface area (Å²) >= 11 is 6.35. The van der Waals surface area contributed by atoms with Crippen molar-refractivity contribution < 1.29 is 45.4 Å². The number of dihydropyridines is 1. The lowest BCUT2D eigenvalue weighted by atomic mass is 9.80.